The minimum atomic E-state index is -0.526. The van der Waals surface area contributed by atoms with Gasteiger partial charge in [-0.1, -0.05) is 45.7 Å². The molecule has 0 bridgehead atoms. The molecule has 0 aliphatic heterocycles. The van der Waals surface area contributed by atoms with Gasteiger partial charge in [-0.05, 0) is 54.6 Å². The van der Waals surface area contributed by atoms with E-state index in [9.17, 15) is 9.59 Å². The zero-order valence-electron chi connectivity index (χ0n) is 14.4. The highest BCUT2D eigenvalue weighted by molar-refractivity contribution is 9.10. The Bertz CT molecular complexity index is 1020. The van der Waals surface area contributed by atoms with Crippen molar-refractivity contribution in [2.45, 2.75) is 0 Å². The fourth-order valence-corrected chi connectivity index (χ4v) is 2.78. The number of halogens is 2. The summed E-state index contributed by atoms with van der Waals surface area (Å²) in [5, 5.41) is 4.49. The van der Waals surface area contributed by atoms with Crippen LogP contribution in [0.1, 0.15) is 26.3 Å². The van der Waals surface area contributed by atoms with E-state index in [-0.39, 0.29) is 5.91 Å². The molecule has 0 heterocycles. The van der Waals surface area contributed by atoms with E-state index in [0.717, 1.165) is 4.47 Å². The molecule has 3 rings (SSSR count). The summed E-state index contributed by atoms with van der Waals surface area (Å²) in [6.45, 7) is 0. The molecular formula is C21H14BrClN2O3. The summed E-state index contributed by atoms with van der Waals surface area (Å²) in [4.78, 5) is 24.4. The average molecular weight is 458 g/mol. The standard InChI is InChI=1S/C21H14BrClN2O3/c22-17-8-11-19(28-21(27)15-6-9-18(23)10-7-15)16(12-17)13-24-25-20(26)14-4-2-1-3-5-14/h1-13H,(H,25,26). The van der Waals surface area contributed by atoms with E-state index in [1.54, 1.807) is 66.7 Å². The van der Waals surface area contributed by atoms with Crippen molar-refractivity contribution >= 4 is 45.6 Å². The maximum absolute atomic E-state index is 12.3. The zero-order valence-corrected chi connectivity index (χ0v) is 16.8. The molecule has 28 heavy (non-hydrogen) atoms. The van der Waals surface area contributed by atoms with Crippen molar-refractivity contribution in [3.05, 3.63) is 99.0 Å². The van der Waals surface area contributed by atoms with Crippen LogP contribution in [0.3, 0.4) is 0 Å². The van der Waals surface area contributed by atoms with E-state index >= 15 is 0 Å². The van der Waals surface area contributed by atoms with Crippen molar-refractivity contribution in [2.75, 3.05) is 0 Å². The minimum Gasteiger partial charge on any atom is -0.422 e. The van der Waals surface area contributed by atoms with Crippen molar-refractivity contribution in [1.29, 1.82) is 0 Å². The molecule has 0 aliphatic rings. The van der Waals surface area contributed by atoms with Crippen molar-refractivity contribution < 1.29 is 14.3 Å². The number of rotatable bonds is 5. The Morgan fingerprint density at radius 2 is 1.68 bits per heavy atom. The smallest absolute Gasteiger partial charge is 0.343 e. The van der Waals surface area contributed by atoms with Crippen molar-refractivity contribution in [1.82, 2.24) is 5.43 Å². The van der Waals surface area contributed by atoms with Crippen LogP contribution < -0.4 is 10.2 Å². The number of hydrogen-bond acceptors (Lipinski definition) is 4. The number of benzene rings is 3. The second-order valence-corrected chi connectivity index (χ2v) is 7.00. The van der Waals surface area contributed by atoms with Gasteiger partial charge >= 0.3 is 5.97 Å². The van der Waals surface area contributed by atoms with Crippen LogP contribution in [0.15, 0.2) is 82.4 Å². The third kappa shape index (κ3) is 5.28. The Morgan fingerprint density at radius 3 is 2.39 bits per heavy atom. The van der Waals surface area contributed by atoms with E-state index in [1.165, 1.54) is 6.21 Å². The van der Waals surface area contributed by atoms with E-state index in [0.29, 0.717) is 27.5 Å². The van der Waals surface area contributed by atoms with Gasteiger partial charge in [0.25, 0.3) is 5.91 Å². The highest BCUT2D eigenvalue weighted by Crippen LogP contribution is 2.23. The van der Waals surface area contributed by atoms with Crippen molar-refractivity contribution in [3.8, 4) is 5.75 Å². The number of nitrogens with zero attached hydrogens (tertiary/aromatic N) is 1. The molecule has 3 aromatic carbocycles. The predicted molar refractivity (Wildman–Crippen MR) is 112 cm³/mol. The Kier molecular flexibility index (Phi) is 6.57. The second-order valence-electron chi connectivity index (χ2n) is 5.64. The third-order valence-electron chi connectivity index (χ3n) is 3.66. The number of hydrazone groups is 1. The molecule has 0 unspecified atom stereocenters. The largest absolute Gasteiger partial charge is 0.422 e. The molecular weight excluding hydrogens is 444 g/mol. The molecule has 1 N–H and O–H groups in total. The second kappa shape index (κ2) is 9.30. The third-order valence-corrected chi connectivity index (χ3v) is 4.41. The minimum absolute atomic E-state index is 0.306. The Morgan fingerprint density at radius 1 is 0.964 bits per heavy atom. The number of esters is 1. The number of carbonyl (C=O) groups excluding carboxylic acids is 2. The summed E-state index contributed by atoms with van der Waals surface area (Å²) in [6, 6.07) is 20.2. The fourth-order valence-electron chi connectivity index (χ4n) is 2.27. The number of hydrogen-bond donors (Lipinski definition) is 1. The molecule has 0 fully saturated rings. The first-order valence-electron chi connectivity index (χ1n) is 8.19. The lowest BCUT2D eigenvalue weighted by molar-refractivity contribution is 0.0734. The molecule has 5 nitrogen and oxygen atoms in total. The van der Waals surface area contributed by atoms with Crippen LogP contribution in [0.4, 0.5) is 0 Å². The summed E-state index contributed by atoms with van der Waals surface area (Å²) >= 11 is 9.21. The number of amides is 1. The van der Waals surface area contributed by atoms with Crippen LogP contribution >= 0.6 is 27.5 Å². The molecule has 0 aliphatic carbocycles. The summed E-state index contributed by atoms with van der Waals surface area (Å²) in [5.74, 6) is -0.561. The first kappa shape index (κ1) is 19.8. The van der Waals surface area contributed by atoms with Gasteiger partial charge in [0.15, 0.2) is 0 Å². The molecule has 0 radical (unpaired) electrons. The van der Waals surface area contributed by atoms with Crippen LogP contribution in [0, 0.1) is 0 Å². The molecule has 0 aromatic heterocycles. The lowest BCUT2D eigenvalue weighted by Gasteiger charge is -2.08. The number of carbonyl (C=O) groups is 2. The van der Waals surface area contributed by atoms with Gasteiger partial charge in [-0.25, -0.2) is 10.2 Å². The Hall–Kier alpha value is -2.96. The average Bonchev–Trinajstić information content (AvgIpc) is 2.71. The quantitative estimate of drug-likeness (QED) is 0.251. The SMILES string of the molecule is O=C(NN=Cc1cc(Br)ccc1OC(=O)c1ccc(Cl)cc1)c1ccccc1. The molecule has 0 atom stereocenters. The van der Waals surface area contributed by atoms with Gasteiger partial charge in [0, 0.05) is 20.6 Å². The first-order chi connectivity index (χ1) is 13.5. The molecule has 1 amide bonds. The van der Waals surface area contributed by atoms with E-state index in [1.807, 2.05) is 6.07 Å². The maximum Gasteiger partial charge on any atom is 0.343 e. The topological polar surface area (TPSA) is 67.8 Å². The van der Waals surface area contributed by atoms with Crippen LogP contribution in [0.5, 0.6) is 5.75 Å². The molecule has 0 spiro atoms. The summed E-state index contributed by atoms with van der Waals surface area (Å²) in [6.07, 6.45) is 1.41. The number of ether oxygens (including phenoxy) is 1. The Balaban J connectivity index is 1.74. The first-order valence-corrected chi connectivity index (χ1v) is 9.36. The van der Waals surface area contributed by atoms with Gasteiger partial charge in [0.2, 0.25) is 0 Å². The highest BCUT2D eigenvalue weighted by atomic mass is 79.9. The van der Waals surface area contributed by atoms with E-state index in [4.69, 9.17) is 16.3 Å². The van der Waals surface area contributed by atoms with Gasteiger partial charge in [0.1, 0.15) is 5.75 Å². The van der Waals surface area contributed by atoms with E-state index < -0.39 is 5.97 Å². The van der Waals surface area contributed by atoms with Gasteiger partial charge in [-0.3, -0.25) is 4.79 Å². The highest BCUT2D eigenvalue weighted by Gasteiger charge is 2.12. The van der Waals surface area contributed by atoms with Gasteiger partial charge in [-0.2, -0.15) is 5.10 Å². The number of nitrogens with one attached hydrogen (secondary N) is 1. The Labute approximate surface area is 175 Å². The lowest BCUT2D eigenvalue weighted by Crippen LogP contribution is -2.17. The maximum atomic E-state index is 12.3. The summed E-state index contributed by atoms with van der Waals surface area (Å²) < 4.78 is 6.23. The van der Waals surface area contributed by atoms with Crippen LogP contribution in [-0.2, 0) is 0 Å². The molecule has 3 aromatic rings. The fraction of sp³-hybridized carbons (Fsp3) is 0. The van der Waals surface area contributed by atoms with Crippen molar-refractivity contribution in [3.63, 3.8) is 0 Å². The van der Waals surface area contributed by atoms with Gasteiger partial charge in [-0.15, -0.1) is 0 Å². The van der Waals surface area contributed by atoms with E-state index in [2.05, 4.69) is 26.5 Å². The van der Waals surface area contributed by atoms with Crippen LogP contribution in [0.2, 0.25) is 5.02 Å². The zero-order chi connectivity index (χ0) is 19.9. The van der Waals surface area contributed by atoms with Gasteiger partial charge in [0.05, 0.1) is 11.8 Å². The molecule has 140 valence electrons. The van der Waals surface area contributed by atoms with Gasteiger partial charge < -0.3 is 4.74 Å². The molecule has 0 saturated heterocycles. The molecule has 0 saturated carbocycles. The van der Waals surface area contributed by atoms with Crippen LogP contribution in [-0.4, -0.2) is 18.1 Å². The lowest BCUT2D eigenvalue weighted by atomic mass is 10.2. The summed E-state index contributed by atoms with van der Waals surface area (Å²) in [7, 11) is 0. The normalized spacial score (nSPS) is 10.6. The predicted octanol–water partition coefficient (Wildman–Crippen LogP) is 5.09. The van der Waals surface area contributed by atoms with Crippen molar-refractivity contribution in [2.24, 2.45) is 5.10 Å². The summed E-state index contributed by atoms with van der Waals surface area (Å²) in [5.41, 5.74) is 3.82. The monoisotopic (exact) mass is 456 g/mol. The van der Waals surface area contributed by atoms with Crippen LogP contribution in [0.25, 0.3) is 0 Å². The molecule has 7 heteroatoms.